The molecule has 0 aliphatic carbocycles. The van der Waals surface area contributed by atoms with Crippen molar-refractivity contribution in [1.29, 1.82) is 0 Å². The number of carbonyl (C=O) groups excluding carboxylic acids is 1. The number of para-hydroxylation sites is 2. The van der Waals surface area contributed by atoms with E-state index in [2.05, 4.69) is 34.6 Å². The number of anilines is 1. The number of H-pyrrole nitrogens is 1. The molecule has 2 aliphatic rings. The van der Waals surface area contributed by atoms with E-state index in [-0.39, 0.29) is 5.91 Å². The number of hydrogen-bond donors (Lipinski definition) is 2. The molecule has 0 bridgehead atoms. The molecule has 0 fully saturated rings. The van der Waals surface area contributed by atoms with Gasteiger partial charge in [0, 0.05) is 35.7 Å². The Morgan fingerprint density at radius 3 is 2.78 bits per heavy atom. The maximum Gasteiger partial charge on any atom is 0.257 e. The molecule has 0 unspecified atom stereocenters. The fourth-order valence-electron chi connectivity index (χ4n) is 4.22. The normalized spacial score (nSPS) is 22.7. The van der Waals surface area contributed by atoms with Gasteiger partial charge in [-0.1, -0.05) is 36.4 Å². The molecule has 1 amide bonds. The average Bonchev–Trinajstić information content (AvgIpc) is 3.08. The number of aromatic amines is 1. The summed E-state index contributed by atoms with van der Waals surface area (Å²) >= 11 is 0. The molecule has 23 heavy (non-hydrogen) atoms. The summed E-state index contributed by atoms with van der Waals surface area (Å²) in [6.07, 6.45) is 0.931. The first kappa shape index (κ1) is 12.9. The number of nitrogens with one attached hydrogen (secondary N) is 2. The number of amides is 1. The Morgan fingerprint density at radius 1 is 1.09 bits per heavy atom. The highest BCUT2D eigenvalue weighted by atomic mass is 16.2. The predicted octanol–water partition coefficient (Wildman–Crippen LogP) is 2.53. The average molecular weight is 303 g/mol. The first-order valence-electron chi connectivity index (χ1n) is 7.96. The van der Waals surface area contributed by atoms with Crippen LogP contribution in [0.1, 0.15) is 16.8 Å². The summed E-state index contributed by atoms with van der Waals surface area (Å²) in [4.78, 5) is 18.5. The smallest absolute Gasteiger partial charge is 0.257 e. The number of benzene rings is 2. The SMILES string of the molecule is CN1C(=O)[C@]2(NCCc3c2[nH]c2ccccc32)c2ccccc21. The minimum atomic E-state index is -0.780. The predicted molar refractivity (Wildman–Crippen MR) is 90.6 cm³/mol. The molecule has 2 aliphatic heterocycles. The van der Waals surface area contributed by atoms with Crippen LogP contribution < -0.4 is 10.2 Å². The van der Waals surface area contributed by atoms with Crippen molar-refractivity contribution in [2.75, 3.05) is 18.5 Å². The molecular formula is C19H17N3O. The quantitative estimate of drug-likeness (QED) is 0.670. The molecular weight excluding hydrogens is 286 g/mol. The van der Waals surface area contributed by atoms with E-state index < -0.39 is 5.54 Å². The van der Waals surface area contributed by atoms with Gasteiger partial charge in [-0.05, 0) is 24.1 Å². The van der Waals surface area contributed by atoms with Crippen LogP contribution in [0.5, 0.6) is 0 Å². The number of hydrogen-bond acceptors (Lipinski definition) is 2. The van der Waals surface area contributed by atoms with Gasteiger partial charge in [0.05, 0.1) is 5.69 Å². The van der Waals surface area contributed by atoms with Gasteiger partial charge in [-0.15, -0.1) is 0 Å². The molecule has 0 radical (unpaired) electrons. The Hall–Kier alpha value is -2.59. The van der Waals surface area contributed by atoms with Crippen LogP contribution in [0, 0.1) is 0 Å². The molecule has 4 nitrogen and oxygen atoms in total. The van der Waals surface area contributed by atoms with Crippen molar-refractivity contribution in [3.63, 3.8) is 0 Å². The van der Waals surface area contributed by atoms with E-state index in [4.69, 9.17) is 0 Å². The van der Waals surface area contributed by atoms with Crippen molar-refractivity contribution in [2.45, 2.75) is 12.0 Å². The Morgan fingerprint density at radius 2 is 1.87 bits per heavy atom. The lowest BCUT2D eigenvalue weighted by atomic mass is 9.82. The van der Waals surface area contributed by atoms with E-state index in [1.54, 1.807) is 4.90 Å². The number of likely N-dealkylation sites (N-methyl/N-ethyl adjacent to an activating group) is 1. The Labute approximate surface area is 134 Å². The third-order valence-electron chi connectivity index (χ3n) is 5.25. The number of aromatic nitrogens is 1. The van der Waals surface area contributed by atoms with Crippen molar-refractivity contribution >= 4 is 22.5 Å². The monoisotopic (exact) mass is 303 g/mol. The first-order valence-corrected chi connectivity index (χ1v) is 7.96. The molecule has 2 N–H and O–H groups in total. The van der Waals surface area contributed by atoms with Crippen LogP contribution in [-0.2, 0) is 16.8 Å². The summed E-state index contributed by atoms with van der Waals surface area (Å²) in [6.45, 7) is 0.794. The second-order valence-electron chi connectivity index (χ2n) is 6.33. The van der Waals surface area contributed by atoms with Gasteiger partial charge in [0.15, 0.2) is 5.54 Å². The van der Waals surface area contributed by atoms with Gasteiger partial charge < -0.3 is 9.88 Å². The standard InChI is InChI=1S/C19H17N3O/c1-22-16-9-5-3-7-14(16)19(18(22)23)17-13(10-11-20-19)12-6-2-4-8-15(12)21-17/h2-9,20-21H,10-11H2,1H3/t19-/m0/s1. The summed E-state index contributed by atoms with van der Waals surface area (Å²) < 4.78 is 0. The maximum absolute atomic E-state index is 13.2. The van der Waals surface area contributed by atoms with Crippen molar-refractivity contribution in [1.82, 2.24) is 10.3 Å². The largest absolute Gasteiger partial charge is 0.356 e. The summed E-state index contributed by atoms with van der Waals surface area (Å²) in [5.74, 6) is 0.0891. The summed E-state index contributed by atoms with van der Waals surface area (Å²) in [6, 6.07) is 16.4. The highest BCUT2D eigenvalue weighted by molar-refractivity contribution is 6.10. The Bertz CT molecular complexity index is 958. The molecule has 0 saturated carbocycles. The number of fused-ring (bicyclic) bond motifs is 6. The molecule has 0 saturated heterocycles. The van der Waals surface area contributed by atoms with Gasteiger partial charge >= 0.3 is 0 Å². The summed E-state index contributed by atoms with van der Waals surface area (Å²) in [5.41, 5.74) is 4.61. The van der Waals surface area contributed by atoms with Gasteiger partial charge in [-0.3, -0.25) is 10.1 Å². The lowest BCUT2D eigenvalue weighted by molar-refractivity contribution is -0.122. The van der Waals surface area contributed by atoms with Crippen LogP contribution in [0.3, 0.4) is 0 Å². The third kappa shape index (κ3) is 1.42. The summed E-state index contributed by atoms with van der Waals surface area (Å²) in [5, 5.41) is 4.75. The van der Waals surface area contributed by atoms with Crippen LogP contribution >= 0.6 is 0 Å². The van der Waals surface area contributed by atoms with E-state index in [0.29, 0.717) is 0 Å². The zero-order valence-electron chi connectivity index (χ0n) is 12.9. The van der Waals surface area contributed by atoms with Gasteiger partial charge in [0.1, 0.15) is 0 Å². The molecule has 2 aromatic carbocycles. The molecule has 5 rings (SSSR count). The van der Waals surface area contributed by atoms with E-state index >= 15 is 0 Å². The van der Waals surface area contributed by atoms with Crippen LogP contribution in [-0.4, -0.2) is 24.5 Å². The number of nitrogens with zero attached hydrogens (tertiary/aromatic N) is 1. The Balaban J connectivity index is 1.88. The van der Waals surface area contributed by atoms with E-state index in [1.807, 2.05) is 31.3 Å². The van der Waals surface area contributed by atoms with E-state index in [9.17, 15) is 4.79 Å². The lowest BCUT2D eigenvalue weighted by Crippen LogP contribution is -2.54. The lowest BCUT2D eigenvalue weighted by Gasteiger charge is -2.33. The highest BCUT2D eigenvalue weighted by Gasteiger charge is 2.54. The summed E-state index contributed by atoms with van der Waals surface area (Å²) in [7, 11) is 1.86. The Kier molecular flexibility index (Phi) is 2.38. The van der Waals surface area contributed by atoms with Crippen molar-refractivity contribution in [3.8, 4) is 0 Å². The topological polar surface area (TPSA) is 48.1 Å². The van der Waals surface area contributed by atoms with Gasteiger partial charge in [0.2, 0.25) is 0 Å². The van der Waals surface area contributed by atoms with Crippen molar-refractivity contribution in [2.24, 2.45) is 0 Å². The minimum Gasteiger partial charge on any atom is -0.356 e. The molecule has 3 aromatic rings. The highest BCUT2D eigenvalue weighted by Crippen LogP contribution is 2.47. The minimum absolute atomic E-state index is 0.0891. The fraction of sp³-hybridized carbons (Fsp3) is 0.211. The van der Waals surface area contributed by atoms with Crippen molar-refractivity contribution < 1.29 is 4.79 Å². The van der Waals surface area contributed by atoms with Gasteiger partial charge in [-0.2, -0.15) is 0 Å². The molecule has 1 spiro atoms. The van der Waals surface area contributed by atoms with Crippen LogP contribution in [0.2, 0.25) is 0 Å². The molecule has 3 heterocycles. The van der Waals surface area contributed by atoms with Crippen LogP contribution in [0.25, 0.3) is 10.9 Å². The molecule has 4 heteroatoms. The second kappa shape index (κ2) is 4.24. The number of carbonyl (C=O) groups is 1. The zero-order valence-corrected chi connectivity index (χ0v) is 12.9. The maximum atomic E-state index is 13.2. The second-order valence-corrected chi connectivity index (χ2v) is 6.33. The van der Waals surface area contributed by atoms with Crippen molar-refractivity contribution in [3.05, 3.63) is 65.4 Å². The fourth-order valence-corrected chi connectivity index (χ4v) is 4.22. The number of rotatable bonds is 0. The molecule has 114 valence electrons. The van der Waals surface area contributed by atoms with Gasteiger partial charge in [0.25, 0.3) is 5.91 Å². The van der Waals surface area contributed by atoms with Crippen LogP contribution in [0.15, 0.2) is 48.5 Å². The van der Waals surface area contributed by atoms with Gasteiger partial charge in [-0.25, -0.2) is 0 Å². The molecule has 1 aromatic heterocycles. The van der Waals surface area contributed by atoms with Crippen LogP contribution in [0.4, 0.5) is 5.69 Å². The zero-order chi connectivity index (χ0) is 15.6. The van der Waals surface area contributed by atoms with E-state index in [1.165, 1.54) is 10.9 Å². The first-order chi connectivity index (χ1) is 11.2. The molecule has 1 atom stereocenters. The third-order valence-corrected chi connectivity index (χ3v) is 5.25. The van der Waals surface area contributed by atoms with E-state index in [0.717, 1.165) is 35.4 Å².